The molecule has 1 saturated heterocycles. The van der Waals surface area contributed by atoms with E-state index in [1.54, 1.807) is 18.3 Å². The summed E-state index contributed by atoms with van der Waals surface area (Å²) in [6, 6.07) is 12.2. The SMILES string of the molecule is Cc1cc(C(=O)Nc2ccc(N3CCOCC3)c(F)c2)c(C)n1-c1ccccn1. The predicted molar refractivity (Wildman–Crippen MR) is 110 cm³/mol. The van der Waals surface area contributed by atoms with E-state index >= 15 is 0 Å². The van der Waals surface area contributed by atoms with Gasteiger partial charge in [-0.3, -0.25) is 4.79 Å². The van der Waals surface area contributed by atoms with Crippen LogP contribution < -0.4 is 10.2 Å². The Labute approximate surface area is 168 Å². The number of amides is 1. The third kappa shape index (κ3) is 3.86. The van der Waals surface area contributed by atoms with Crippen LogP contribution in [0.5, 0.6) is 0 Å². The molecule has 2 aromatic heterocycles. The molecule has 0 saturated carbocycles. The monoisotopic (exact) mass is 394 g/mol. The Hall–Kier alpha value is -3.19. The second-order valence-corrected chi connectivity index (χ2v) is 7.03. The Bertz CT molecular complexity index is 1030. The highest BCUT2D eigenvalue weighted by Gasteiger charge is 2.19. The number of hydrogen-bond donors (Lipinski definition) is 1. The number of nitrogens with one attached hydrogen (secondary N) is 1. The van der Waals surface area contributed by atoms with Crippen LogP contribution in [0.2, 0.25) is 0 Å². The molecule has 150 valence electrons. The van der Waals surface area contributed by atoms with Crippen molar-refractivity contribution in [1.82, 2.24) is 9.55 Å². The lowest BCUT2D eigenvalue weighted by Gasteiger charge is -2.29. The van der Waals surface area contributed by atoms with E-state index < -0.39 is 0 Å². The molecule has 3 aromatic rings. The number of rotatable bonds is 4. The topological polar surface area (TPSA) is 59.4 Å². The van der Waals surface area contributed by atoms with E-state index in [2.05, 4.69) is 10.3 Å². The molecule has 0 spiro atoms. The average Bonchev–Trinajstić information content (AvgIpc) is 3.03. The molecule has 1 N–H and O–H groups in total. The lowest BCUT2D eigenvalue weighted by atomic mass is 10.2. The molecule has 0 radical (unpaired) electrons. The normalized spacial score (nSPS) is 14.1. The van der Waals surface area contributed by atoms with Crippen LogP contribution in [0, 0.1) is 19.7 Å². The van der Waals surface area contributed by atoms with Crippen molar-refractivity contribution in [3.8, 4) is 5.82 Å². The predicted octanol–water partition coefficient (Wildman–Crippen LogP) is 3.72. The Morgan fingerprint density at radius 3 is 2.62 bits per heavy atom. The van der Waals surface area contributed by atoms with Gasteiger partial charge in [-0.25, -0.2) is 9.37 Å². The molecule has 6 nitrogen and oxygen atoms in total. The molecular formula is C22H23FN4O2. The third-order valence-corrected chi connectivity index (χ3v) is 5.11. The Kier molecular flexibility index (Phi) is 5.31. The molecule has 1 aliphatic heterocycles. The molecule has 1 aromatic carbocycles. The van der Waals surface area contributed by atoms with Gasteiger partial charge in [0.15, 0.2) is 0 Å². The molecule has 1 fully saturated rings. The van der Waals surface area contributed by atoms with Gasteiger partial charge < -0.3 is 19.5 Å². The molecule has 1 amide bonds. The quantitative estimate of drug-likeness (QED) is 0.733. The van der Waals surface area contributed by atoms with E-state index in [0.717, 1.165) is 17.2 Å². The number of nitrogens with zero attached hydrogens (tertiary/aromatic N) is 3. The largest absolute Gasteiger partial charge is 0.378 e. The first-order chi connectivity index (χ1) is 14.0. The number of benzene rings is 1. The highest BCUT2D eigenvalue weighted by molar-refractivity contribution is 6.05. The summed E-state index contributed by atoms with van der Waals surface area (Å²) in [4.78, 5) is 19.1. The molecule has 1 aliphatic rings. The molecule has 0 atom stereocenters. The number of aromatic nitrogens is 2. The van der Waals surface area contributed by atoms with Crippen LogP contribution in [-0.4, -0.2) is 41.8 Å². The van der Waals surface area contributed by atoms with Crippen LogP contribution in [0.15, 0.2) is 48.7 Å². The van der Waals surface area contributed by atoms with Crippen molar-refractivity contribution in [2.45, 2.75) is 13.8 Å². The summed E-state index contributed by atoms with van der Waals surface area (Å²) in [5.41, 5.74) is 3.17. The summed E-state index contributed by atoms with van der Waals surface area (Å²) in [5, 5.41) is 2.81. The maximum atomic E-state index is 14.6. The lowest BCUT2D eigenvalue weighted by molar-refractivity contribution is 0.102. The summed E-state index contributed by atoms with van der Waals surface area (Å²) in [7, 11) is 0. The number of morpholine rings is 1. The summed E-state index contributed by atoms with van der Waals surface area (Å²) >= 11 is 0. The summed E-state index contributed by atoms with van der Waals surface area (Å²) < 4.78 is 21.9. The van der Waals surface area contributed by atoms with Gasteiger partial charge in [-0.2, -0.15) is 0 Å². The summed E-state index contributed by atoms with van der Waals surface area (Å²) in [5.74, 6) is 0.116. The Balaban J connectivity index is 1.55. The van der Waals surface area contributed by atoms with E-state index in [1.807, 2.05) is 47.6 Å². The average molecular weight is 394 g/mol. The molecule has 0 aliphatic carbocycles. The van der Waals surface area contributed by atoms with Crippen LogP contribution in [0.4, 0.5) is 15.8 Å². The van der Waals surface area contributed by atoms with E-state index in [4.69, 9.17) is 4.74 Å². The highest BCUT2D eigenvalue weighted by atomic mass is 19.1. The van der Waals surface area contributed by atoms with Gasteiger partial charge in [0.1, 0.15) is 11.6 Å². The van der Waals surface area contributed by atoms with Gasteiger partial charge in [-0.1, -0.05) is 6.07 Å². The lowest BCUT2D eigenvalue weighted by Crippen LogP contribution is -2.36. The zero-order valence-corrected chi connectivity index (χ0v) is 16.5. The minimum Gasteiger partial charge on any atom is -0.378 e. The van der Waals surface area contributed by atoms with Crippen molar-refractivity contribution in [1.29, 1.82) is 0 Å². The number of hydrogen-bond acceptors (Lipinski definition) is 4. The van der Waals surface area contributed by atoms with Crippen LogP contribution in [0.25, 0.3) is 5.82 Å². The van der Waals surface area contributed by atoms with E-state index in [-0.39, 0.29) is 11.7 Å². The van der Waals surface area contributed by atoms with Gasteiger partial charge in [-0.15, -0.1) is 0 Å². The first-order valence-electron chi connectivity index (χ1n) is 9.58. The minimum absolute atomic E-state index is 0.279. The van der Waals surface area contributed by atoms with E-state index in [0.29, 0.717) is 43.2 Å². The van der Waals surface area contributed by atoms with Crippen LogP contribution in [-0.2, 0) is 4.74 Å². The van der Waals surface area contributed by atoms with Gasteiger partial charge >= 0.3 is 0 Å². The van der Waals surface area contributed by atoms with Crippen LogP contribution in [0.1, 0.15) is 21.7 Å². The summed E-state index contributed by atoms with van der Waals surface area (Å²) in [6.07, 6.45) is 1.72. The number of carbonyl (C=O) groups is 1. The fourth-order valence-electron chi connectivity index (χ4n) is 3.68. The number of halogens is 1. The molecule has 4 rings (SSSR count). The molecule has 29 heavy (non-hydrogen) atoms. The first-order valence-corrected chi connectivity index (χ1v) is 9.58. The smallest absolute Gasteiger partial charge is 0.257 e. The van der Waals surface area contributed by atoms with Crippen molar-refractivity contribution < 1.29 is 13.9 Å². The maximum Gasteiger partial charge on any atom is 0.257 e. The number of anilines is 2. The maximum absolute atomic E-state index is 14.6. The molecule has 3 heterocycles. The number of aryl methyl sites for hydroxylation is 1. The Morgan fingerprint density at radius 2 is 1.93 bits per heavy atom. The second kappa shape index (κ2) is 8.05. The third-order valence-electron chi connectivity index (χ3n) is 5.11. The highest BCUT2D eigenvalue weighted by Crippen LogP contribution is 2.25. The van der Waals surface area contributed by atoms with Crippen molar-refractivity contribution in [2.24, 2.45) is 0 Å². The van der Waals surface area contributed by atoms with Crippen LogP contribution in [0.3, 0.4) is 0 Å². The van der Waals surface area contributed by atoms with E-state index in [1.165, 1.54) is 6.07 Å². The van der Waals surface area contributed by atoms with Crippen molar-refractivity contribution in [3.63, 3.8) is 0 Å². The van der Waals surface area contributed by atoms with Gasteiger partial charge in [-0.05, 0) is 50.2 Å². The molecule has 0 unspecified atom stereocenters. The van der Waals surface area contributed by atoms with Crippen molar-refractivity contribution >= 4 is 17.3 Å². The first kappa shape index (κ1) is 19.1. The fraction of sp³-hybridized carbons (Fsp3) is 0.273. The molecular weight excluding hydrogens is 371 g/mol. The van der Waals surface area contributed by atoms with E-state index in [9.17, 15) is 9.18 Å². The second-order valence-electron chi connectivity index (χ2n) is 7.03. The number of pyridine rings is 1. The van der Waals surface area contributed by atoms with Crippen LogP contribution >= 0.6 is 0 Å². The van der Waals surface area contributed by atoms with Gasteiger partial charge in [0, 0.05) is 36.4 Å². The molecule has 0 bridgehead atoms. The zero-order chi connectivity index (χ0) is 20.4. The zero-order valence-electron chi connectivity index (χ0n) is 16.5. The van der Waals surface area contributed by atoms with Gasteiger partial charge in [0.05, 0.1) is 24.5 Å². The fourth-order valence-corrected chi connectivity index (χ4v) is 3.68. The summed E-state index contributed by atoms with van der Waals surface area (Å²) in [6.45, 7) is 6.28. The van der Waals surface area contributed by atoms with Gasteiger partial charge in [0.25, 0.3) is 5.91 Å². The number of ether oxygens (including phenoxy) is 1. The minimum atomic E-state index is -0.358. The number of carbonyl (C=O) groups excluding carboxylic acids is 1. The van der Waals surface area contributed by atoms with Gasteiger partial charge in [0.2, 0.25) is 0 Å². The van der Waals surface area contributed by atoms with Crippen molar-refractivity contribution in [2.75, 3.05) is 36.5 Å². The van der Waals surface area contributed by atoms with Crippen molar-refractivity contribution in [3.05, 3.63) is 71.4 Å². The standard InChI is InChI=1S/C22H23FN4O2/c1-15-13-18(16(2)27(15)21-5-3-4-8-24-21)22(28)25-17-6-7-20(19(23)14-17)26-9-11-29-12-10-26/h3-8,13-14H,9-12H2,1-2H3,(H,25,28). The Morgan fingerprint density at radius 1 is 1.14 bits per heavy atom. The molecule has 7 heteroatoms.